The summed E-state index contributed by atoms with van der Waals surface area (Å²) >= 11 is 4.22. The highest BCUT2D eigenvalue weighted by atomic mass is 32.2. The van der Waals surface area contributed by atoms with Crippen LogP contribution >= 0.6 is 23.5 Å². The minimum atomic E-state index is 0.0481. The van der Waals surface area contributed by atoms with E-state index < -0.39 is 0 Å². The fourth-order valence-corrected chi connectivity index (χ4v) is 10.1. The third kappa shape index (κ3) is 6.37. The number of nitrogens with zero attached hydrogens (tertiary/aromatic N) is 1. The van der Waals surface area contributed by atoms with E-state index in [1.807, 2.05) is 0 Å². The molecule has 2 aliphatic rings. The van der Waals surface area contributed by atoms with Gasteiger partial charge in [0.05, 0.1) is 32.5 Å². The van der Waals surface area contributed by atoms with Crippen LogP contribution in [0.2, 0.25) is 0 Å². The molecule has 1 saturated carbocycles. The van der Waals surface area contributed by atoms with Gasteiger partial charge in [-0.25, -0.2) is 0 Å². The van der Waals surface area contributed by atoms with Crippen molar-refractivity contribution < 1.29 is 18.9 Å². The van der Waals surface area contributed by atoms with E-state index in [2.05, 4.69) is 78.8 Å². The maximum atomic E-state index is 5.67. The molecule has 7 heteroatoms. The number of likely N-dealkylation sites (N-methyl/N-ethyl adjacent to an activating group) is 1. The maximum absolute atomic E-state index is 5.67. The van der Waals surface area contributed by atoms with Gasteiger partial charge in [0.2, 0.25) is 0 Å². The molecule has 1 aliphatic carbocycles. The Bertz CT molecular complexity index is 1050. The Morgan fingerprint density at radius 2 is 1.29 bits per heavy atom. The van der Waals surface area contributed by atoms with Crippen LogP contribution < -0.4 is 18.9 Å². The van der Waals surface area contributed by atoms with Gasteiger partial charge in [-0.05, 0) is 85.5 Å². The first-order valence-corrected chi connectivity index (χ1v) is 15.8. The number of benzene rings is 2. The highest BCUT2D eigenvalue weighted by molar-refractivity contribution is 8.18. The van der Waals surface area contributed by atoms with Crippen molar-refractivity contribution >= 4 is 23.5 Å². The zero-order valence-electron chi connectivity index (χ0n) is 24.0. The number of ether oxygens (including phenoxy) is 4. The molecule has 1 atom stereocenters. The molecular formula is C31H45NO4S2. The lowest BCUT2D eigenvalue weighted by atomic mass is 9.78. The van der Waals surface area contributed by atoms with Crippen LogP contribution in [0.15, 0.2) is 36.4 Å². The monoisotopic (exact) mass is 559 g/mol. The van der Waals surface area contributed by atoms with Crippen molar-refractivity contribution in [1.82, 2.24) is 4.90 Å². The first-order valence-electron chi connectivity index (χ1n) is 13.8. The van der Waals surface area contributed by atoms with Crippen molar-refractivity contribution in [3.63, 3.8) is 0 Å². The van der Waals surface area contributed by atoms with Crippen LogP contribution in [0.5, 0.6) is 23.0 Å². The summed E-state index contributed by atoms with van der Waals surface area (Å²) < 4.78 is 22.4. The van der Waals surface area contributed by atoms with E-state index in [0.29, 0.717) is 5.92 Å². The van der Waals surface area contributed by atoms with E-state index in [9.17, 15) is 0 Å². The second-order valence-corrected chi connectivity index (χ2v) is 14.0. The van der Waals surface area contributed by atoms with Gasteiger partial charge in [-0.15, -0.1) is 23.5 Å². The lowest BCUT2D eigenvalue weighted by molar-refractivity contribution is 0.213. The average Bonchev–Trinajstić information content (AvgIpc) is 3.41. The summed E-state index contributed by atoms with van der Waals surface area (Å²) in [4.78, 5) is 2.58. The van der Waals surface area contributed by atoms with Gasteiger partial charge >= 0.3 is 0 Å². The van der Waals surface area contributed by atoms with Crippen LogP contribution in [0.4, 0.5) is 0 Å². The quantitative estimate of drug-likeness (QED) is 0.272. The number of methoxy groups -OCH3 is 4. The van der Waals surface area contributed by atoms with Crippen molar-refractivity contribution in [1.29, 1.82) is 0 Å². The predicted octanol–water partition coefficient (Wildman–Crippen LogP) is 7.21. The van der Waals surface area contributed by atoms with E-state index in [1.165, 1.54) is 54.7 Å². The average molecular weight is 560 g/mol. The summed E-state index contributed by atoms with van der Waals surface area (Å²) in [6.07, 6.45) is 7.42. The van der Waals surface area contributed by atoms with Gasteiger partial charge in [0, 0.05) is 18.5 Å². The molecule has 0 unspecified atom stereocenters. The minimum Gasteiger partial charge on any atom is -0.493 e. The van der Waals surface area contributed by atoms with Gasteiger partial charge in [0.15, 0.2) is 23.0 Å². The standard InChI is InChI=1S/C31H45NO4S2/c1-23(20-31(37-16-9-17-38-31)25-11-13-27(34-4)29(19-25)36-6)21-32(2)22-30(14-7-8-15-30)24-10-12-26(33-3)28(18-24)35-5/h10-13,18-19,23H,7-9,14-17,20-22H2,1-6H3/t23-/m0/s1. The van der Waals surface area contributed by atoms with Gasteiger partial charge in [-0.1, -0.05) is 31.9 Å². The molecule has 0 radical (unpaired) electrons. The van der Waals surface area contributed by atoms with Crippen molar-refractivity contribution in [3.8, 4) is 23.0 Å². The van der Waals surface area contributed by atoms with Crippen LogP contribution in [-0.2, 0) is 9.49 Å². The third-order valence-electron chi connectivity index (χ3n) is 8.15. The zero-order valence-corrected chi connectivity index (χ0v) is 25.6. The van der Waals surface area contributed by atoms with Gasteiger partial charge in [-0.2, -0.15) is 0 Å². The normalized spacial score (nSPS) is 19.2. The zero-order chi connectivity index (χ0) is 27.2. The Kier molecular flexibility index (Phi) is 10.1. The molecule has 2 aromatic rings. The SMILES string of the molecule is COc1ccc(C2(CN(C)C[C@@H](C)CC3(c4ccc(OC)c(OC)c4)SCCCS3)CCCC2)cc1OC. The van der Waals surface area contributed by atoms with Crippen LogP contribution in [-0.4, -0.2) is 65.0 Å². The number of hydrogen-bond donors (Lipinski definition) is 0. The summed E-state index contributed by atoms with van der Waals surface area (Å²) in [5.41, 5.74) is 2.90. The van der Waals surface area contributed by atoms with Crippen LogP contribution in [0.25, 0.3) is 0 Å². The molecule has 0 N–H and O–H groups in total. The molecule has 0 bridgehead atoms. The topological polar surface area (TPSA) is 40.2 Å². The molecular weight excluding hydrogens is 514 g/mol. The Morgan fingerprint density at radius 1 is 0.763 bits per heavy atom. The van der Waals surface area contributed by atoms with Crippen molar-refractivity contribution in [2.45, 2.75) is 54.9 Å². The van der Waals surface area contributed by atoms with Gasteiger partial charge < -0.3 is 23.8 Å². The molecule has 1 saturated heterocycles. The Hall–Kier alpha value is -1.70. The van der Waals surface area contributed by atoms with E-state index in [-0.39, 0.29) is 9.49 Å². The predicted molar refractivity (Wildman–Crippen MR) is 162 cm³/mol. The molecule has 2 aromatic carbocycles. The van der Waals surface area contributed by atoms with Crippen molar-refractivity contribution in [2.75, 3.05) is 60.1 Å². The van der Waals surface area contributed by atoms with Crippen LogP contribution in [0.1, 0.15) is 56.6 Å². The van der Waals surface area contributed by atoms with Crippen LogP contribution in [0.3, 0.4) is 0 Å². The summed E-state index contributed by atoms with van der Waals surface area (Å²) in [5, 5.41) is 0. The molecule has 5 nitrogen and oxygen atoms in total. The molecule has 1 heterocycles. The molecule has 210 valence electrons. The highest BCUT2D eigenvalue weighted by Gasteiger charge is 2.40. The lowest BCUT2D eigenvalue weighted by Gasteiger charge is -2.40. The second kappa shape index (κ2) is 13.1. The smallest absolute Gasteiger partial charge is 0.161 e. The largest absolute Gasteiger partial charge is 0.493 e. The number of thioether (sulfide) groups is 2. The summed E-state index contributed by atoms with van der Waals surface area (Å²) in [6.45, 7) is 4.56. The van der Waals surface area contributed by atoms with E-state index in [1.54, 1.807) is 28.4 Å². The van der Waals surface area contributed by atoms with Gasteiger partial charge in [-0.3, -0.25) is 0 Å². The second-order valence-electron chi connectivity index (χ2n) is 10.9. The van der Waals surface area contributed by atoms with Crippen molar-refractivity contribution in [3.05, 3.63) is 47.5 Å². The number of hydrogen-bond acceptors (Lipinski definition) is 7. The summed E-state index contributed by atoms with van der Waals surface area (Å²) in [6, 6.07) is 13.0. The fraction of sp³-hybridized carbons (Fsp3) is 0.613. The molecule has 4 rings (SSSR count). The first-order chi connectivity index (χ1) is 18.4. The van der Waals surface area contributed by atoms with Gasteiger partial charge in [0.1, 0.15) is 0 Å². The molecule has 0 spiro atoms. The molecule has 38 heavy (non-hydrogen) atoms. The van der Waals surface area contributed by atoms with Crippen LogP contribution in [0, 0.1) is 5.92 Å². The molecule has 0 amide bonds. The first kappa shape index (κ1) is 29.3. The van der Waals surface area contributed by atoms with Crippen molar-refractivity contribution in [2.24, 2.45) is 5.92 Å². The van der Waals surface area contributed by atoms with E-state index >= 15 is 0 Å². The van der Waals surface area contributed by atoms with E-state index in [0.717, 1.165) is 42.5 Å². The van der Waals surface area contributed by atoms with E-state index in [4.69, 9.17) is 18.9 Å². The number of rotatable bonds is 12. The summed E-state index contributed by atoms with van der Waals surface area (Å²) in [5.74, 6) is 6.19. The fourth-order valence-electron chi connectivity index (χ4n) is 6.44. The lowest BCUT2D eigenvalue weighted by Crippen LogP contribution is -2.40. The summed E-state index contributed by atoms with van der Waals surface area (Å²) in [7, 11) is 9.17. The third-order valence-corrected chi connectivity index (χ3v) is 11.6. The Balaban J connectivity index is 1.50. The Labute approximate surface area is 238 Å². The molecule has 1 aliphatic heterocycles. The molecule has 2 fully saturated rings. The van der Waals surface area contributed by atoms with Gasteiger partial charge in [0.25, 0.3) is 0 Å². The highest BCUT2D eigenvalue weighted by Crippen LogP contribution is 2.55. The maximum Gasteiger partial charge on any atom is 0.161 e. The Morgan fingerprint density at radius 3 is 1.84 bits per heavy atom. The molecule has 0 aromatic heterocycles. The minimum absolute atomic E-state index is 0.0481.